The summed E-state index contributed by atoms with van der Waals surface area (Å²) in [5.74, 6) is 0.897. The molecule has 0 bridgehead atoms. The first-order valence-electron chi connectivity index (χ1n) is 6.57. The van der Waals surface area contributed by atoms with E-state index in [-0.39, 0.29) is 0 Å². The molecule has 0 saturated carbocycles. The maximum absolute atomic E-state index is 6.65. The molecule has 0 fully saturated rings. The maximum atomic E-state index is 6.65. The Balaban J connectivity index is 2.61. The van der Waals surface area contributed by atoms with Gasteiger partial charge >= 0.3 is 0 Å². The van der Waals surface area contributed by atoms with E-state index in [4.69, 9.17) is 10.5 Å². The second kappa shape index (κ2) is 5.58. The molecule has 2 aromatic carbocycles. The molecule has 2 rings (SSSR count). The lowest BCUT2D eigenvalue weighted by molar-refractivity contribution is 0.410. The molecule has 0 saturated heterocycles. The summed E-state index contributed by atoms with van der Waals surface area (Å²) in [7, 11) is 1.69. The topological polar surface area (TPSA) is 35.2 Å². The van der Waals surface area contributed by atoms with Crippen LogP contribution in [-0.2, 0) is 5.54 Å². The van der Waals surface area contributed by atoms with Crippen molar-refractivity contribution >= 4 is 15.9 Å². The van der Waals surface area contributed by atoms with Crippen LogP contribution < -0.4 is 10.5 Å². The summed E-state index contributed by atoms with van der Waals surface area (Å²) in [4.78, 5) is 0. The largest absolute Gasteiger partial charge is 0.496 e. The van der Waals surface area contributed by atoms with Gasteiger partial charge in [0.1, 0.15) is 5.75 Å². The van der Waals surface area contributed by atoms with Gasteiger partial charge in [-0.1, -0.05) is 34.1 Å². The van der Waals surface area contributed by atoms with Gasteiger partial charge in [-0.2, -0.15) is 0 Å². The Bertz CT molecular complexity index is 635. The number of methoxy groups -OCH3 is 1. The average Bonchev–Trinajstić information content (AvgIpc) is 2.41. The SMILES string of the molecule is COc1cc(C)c(C(C)(N)c2ccccc2Br)cc1C. The molecule has 2 nitrogen and oxygen atoms in total. The predicted octanol–water partition coefficient (Wildman–Crippen LogP) is 4.30. The molecule has 0 aliphatic heterocycles. The van der Waals surface area contributed by atoms with Crippen molar-refractivity contribution in [2.75, 3.05) is 7.11 Å². The van der Waals surface area contributed by atoms with Crippen molar-refractivity contribution < 1.29 is 4.74 Å². The molecule has 0 spiro atoms. The minimum atomic E-state index is -0.554. The first-order chi connectivity index (χ1) is 9.37. The molecule has 0 radical (unpaired) electrons. The Morgan fingerprint density at radius 2 is 1.70 bits per heavy atom. The van der Waals surface area contributed by atoms with Crippen LogP contribution in [0.2, 0.25) is 0 Å². The van der Waals surface area contributed by atoms with Gasteiger partial charge in [0, 0.05) is 4.47 Å². The monoisotopic (exact) mass is 333 g/mol. The molecule has 0 aliphatic rings. The first-order valence-corrected chi connectivity index (χ1v) is 7.37. The van der Waals surface area contributed by atoms with Gasteiger partial charge < -0.3 is 10.5 Å². The summed E-state index contributed by atoms with van der Waals surface area (Å²) >= 11 is 3.60. The zero-order valence-corrected chi connectivity index (χ0v) is 13.9. The van der Waals surface area contributed by atoms with Crippen LogP contribution in [0.25, 0.3) is 0 Å². The van der Waals surface area contributed by atoms with E-state index in [1.807, 2.05) is 38.1 Å². The number of hydrogen-bond donors (Lipinski definition) is 1. The van der Waals surface area contributed by atoms with Gasteiger partial charge in [-0.15, -0.1) is 0 Å². The van der Waals surface area contributed by atoms with E-state index >= 15 is 0 Å². The van der Waals surface area contributed by atoms with Crippen molar-refractivity contribution in [3.63, 3.8) is 0 Å². The predicted molar refractivity (Wildman–Crippen MR) is 87.3 cm³/mol. The number of benzene rings is 2. The molecule has 1 atom stereocenters. The summed E-state index contributed by atoms with van der Waals surface area (Å²) in [6.45, 7) is 6.15. The molecule has 0 aliphatic carbocycles. The lowest BCUT2D eigenvalue weighted by Gasteiger charge is -2.29. The fraction of sp³-hybridized carbons (Fsp3) is 0.294. The summed E-state index contributed by atoms with van der Waals surface area (Å²) in [5.41, 5.74) is 10.5. The summed E-state index contributed by atoms with van der Waals surface area (Å²) in [5, 5.41) is 0. The van der Waals surface area contributed by atoms with Crippen molar-refractivity contribution in [1.29, 1.82) is 0 Å². The summed E-state index contributed by atoms with van der Waals surface area (Å²) in [6.07, 6.45) is 0. The highest BCUT2D eigenvalue weighted by molar-refractivity contribution is 9.10. The van der Waals surface area contributed by atoms with Gasteiger partial charge in [0.25, 0.3) is 0 Å². The van der Waals surface area contributed by atoms with Gasteiger partial charge in [0.05, 0.1) is 12.6 Å². The van der Waals surface area contributed by atoms with Crippen molar-refractivity contribution in [3.8, 4) is 5.75 Å². The molecule has 0 amide bonds. The Hall–Kier alpha value is -1.32. The number of rotatable bonds is 3. The highest BCUT2D eigenvalue weighted by Gasteiger charge is 2.28. The molecular weight excluding hydrogens is 314 g/mol. The Morgan fingerprint density at radius 3 is 2.30 bits per heavy atom. The van der Waals surface area contributed by atoms with Gasteiger partial charge in [0.15, 0.2) is 0 Å². The van der Waals surface area contributed by atoms with E-state index in [0.717, 1.165) is 32.5 Å². The van der Waals surface area contributed by atoms with Gasteiger partial charge in [-0.05, 0) is 61.2 Å². The minimum absolute atomic E-state index is 0.554. The molecule has 0 aromatic heterocycles. The third-order valence-corrected chi connectivity index (χ3v) is 4.43. The van der Waals surface area contributed by atoms with Gasteiger partial charge in [-0.25, -0.2) is 0 Å². The number of aryl methyl sites for hydroxylation is 2. The second-order valence-electron chi connectivity index (χ2n) is 5.32. The number of halogens is 1. The number of nitrogens with two attached hydrogens (primary N) is 1. The molecule has 2 aromatic rings. The van der Waals surface area contributed by atoms with Crippen LogP contribution in [-0.4, -0.2) is 7.11 Å². The quantitative estimate of drug-likeness (QED) is 0.908. The summed E-state index contributed by atoms with van der Waals surface area (Å²) in [6, 6.07) is 12.3. The van der Waals surface area contributed by atoms with Crippen LogP contribution in [0, 0.1) is 13.8 Å². The second-order valence-corrected chi connectivity index (χ2v) is 6.17. The minimum Gasteiger partial charge on any atom is -0.496 e. The zero-order chi connectivity index (χ0) is 14.9. The highest BCUT2D eigenvalue weighted by atomic mass is 79.9. The van der Waals surface area contributed by atoms with E-state index in [2.05, 4.69) is 35.0 Å². The number of hydrogen-bond acceptors (Lipinski definition) is 2. The number of ether oxygens (including phenoxy) is 1. The van der Waals surface area contributed by atoms with Crippen molar-refractivity contribution in [2.24, 2.45) is 5.73 Å². The Labute approximate surface area is 129 Å². The van der Waals surface area contributed by atoms with Crippen LogP contribution in [0.1, 0.15) is 29.2 Å². The normalized spacial score (nSPS) is 13.9. The van der Waals surface area contributed by atoms with Crippen LogP contribution in [0.4, 0.5) is 0 Å². The van der Waals surface area contributed by atoms with Crippen molar-refractivity contribution in [2.45, 2.75) is 26.3 Å². The smallest absolute Gasteiger partial charge is 0.122 e. The van der Waals surface area contributed by atoms with Gasteiger partial charge in [0.2, 0.25) is 0 Å². The Kier molecular flexibility index (Phi) is 4.21. The average molecular weight is 334 g/mol. The van der Waals surface area contributed by atoms with Crippen LogP contribution in [0.3, 0.4) is 0 Å². The molecule has 0 heterocycles. The molecule has 3 heteroatoms. The van der Waals surface area contributed by atoms with E-state index in [1.54, 1.807) is 7.11 Å². The lowest BCUT2D eigenvalue weighted by atomic mass is 9.82. The summed E-state index contributed by atoms with van der Waals surface area (Å²) < 4.78 is 6.40. The first kappa shape index (κ1) is 15.1. The third kappa shape index (κ3) is 2.60. The molecule has 106 valence electrons. The van der Waals surface area contributed by atoms with E-state index in [9.17, 15) is 0 Å². The van der Waals surface area contributed by atoms with E-state index in [1.165, 1.54) is 0 Å². The molecular formula is C17H20BrNO. The fourth-order valence-corrected chi connectivity index (χ4v) is 3.29. The highest BCUT2D eigenvalue weighted by Crippen LogP contribution is 2.36. The maximum Gasteiger partial charge on any atom is 0.122 e. The van der Waals surface area contributed by atoms with Crippen LogP contribution >= 0.6 is 15.9 Å². The van der Waals surface area contributed by atoms with E-state index < -0.39 is 5.54 Å². The fourth-order valence-electron chi connectivity index (χ4n) is 2.60. The Morgan fingerprint density at radius 1 is 1.05 bits per heavy atom. The lowest BCUT2D eigenvalue weighted by Crippen LogP contribution is -2.35. The van der Waals surface area contributed by atoms with Crippen LogP contribution in [0.15, 0.2) is 40.9 Å². The van der Waals surface area contributed by atoms with Gasteiger partial charge in [-0.3, -0.25) is 0 Å². The molecule has 2 N–H and O–H groups in total. The van der Waals surface area contributed by atoms with Crippen LogP contribution in [0.5, 0.6) is 5.75 Å². The van der Waals surface area contributed by atoms with Crippen molar-refractivity contribution in [3.05, 3.63) is 63.1 Å². The van der Waals surface area contributed by atoms with E-state index in [0.29, 0.717) is 0 Å². The standard InChI is InChI=1S/C17H20BrNO/c1-11-10-16(20-4)12(2)9-14(11)17(3,19)13-7-5-6-8-15(13)18/h5-10H,19H2,1-4H3. The third-order valence-electron chi connectivity index (χ3n) is 3.73. The molecule has 1 unspecified atom stereocenters. The molecule has 20 heavy (non-hydrogen) atoms. The zero-order valence-electron chi connectivity index (χ0n) is 12.3. The van der Waals surface area contributed by atoms with Crippen molar-refractivity contribution in [1.82, 2.24) is 0 Å².